The molecule has 5 saturated carbocycles. The second kappa shape index (κ2) is 15.1. The van der Waals surface area contributed by atoms with E-state index >= 15 is 4.39 Å². The highest BCUT2D eigenvalue weighted by Crippen LogP contribution is 2.62. The van der Waals surface area contributed by atoms with E-state index < -0.39 is 33.0 Å². The SMILES string of the molecule is CC1=CCC[C@@]2(C)[C@@H](CC[C@@]2(O)CN(CC23CC4CC(CC(C4)C2)C3)S(=O)(=O)c2cccs2)c2ccc(cc2C(=O)Cc2c(F)cccc2Cl)C[C@@H](O)CC1. The van der Waals surface area contributed by atoms with Gasteiger partial charge >= 0.3 is 0 Å². The van der Waals surface area contributed by atoms with Gasteiger partial charge in [-0.25, -0.2) is 12.8 Å². The number of halogens is 2. The minimum Gasteiger partial charge on any atom is -0.393 e. The van der Waals surface area contributed by atoms with Crippen LogP contribution in [-0.2, 0) is 22.9 Å². The number of carbonyl (C=O) groups is 1. The standard InChI is InChI=1S/C45H55ClFNO5S2/c1-29-6-4-15-43(2)38(35-13-11-30(21-34(49)12-10-29)22-36(35)41(50)23-37-39(46)7-3-8-40(37)47)14-16-45(43,51)28-48(55(52,53)42-9-5-17-54-42)27-44-24-31-18-32(25-44)20-33(19-31)26-44/h3,5-9,11,13,17,22,31-34,38,49,51H,4,10,12,14-16,18-21,23-28H2,1-2H3/t31?,32?,33?,34-,38-,43-,44?,45+/m0/s1. The summed E-state index contributed by atoms with van der Waals surface area (Å²) in [7, 11) is -3.91. The molecular weight excluding hydrogens is 753 g/mol. The molecule has 7 aliphatic rings. The summed E-state index contributed by atoms with van der Waals surface area (Å²) in [6.07, 6.45) is 12.2. The molecule has 7 aliphatic carbocycles. The van der Waals surface area contributed by atoms with Crippen molar-refractivity contribution < 1.29 is 27.8 Å². The first-order chi connectivity index (χ1) is 26.2. The van der Waals surface area contributed by atoms with Gasteiger partial charge in [-0.05, 0) is 160 Å². The molecule has 5 fully saturated rings. The molecule has 0 aliphatic heterocycles. The number of ketones is 1. The van der Waals surface area contributed by atoms with Crippen LogP contribution < -0.4 is 0 Å². The number of allylic oxidation sites excluding steroid dienone is 2. The lowest BCUT2D eigenvalue weighted by molar-refractivity contribution is -0.0920. The summed E-state index contributed by atoms with van der Waals surface area (Å²) in [4.78, 5) is 14.4. The van der Waals surface area contributed by atoms with Crippen molar-refractivity contribution in [1.82, 2.24) is 4.31 Å². The number of Topliss-reactive ketones (excluding diaryl/α,β-unsaturated/α-hetero) is 1. The molecule has 0 spiro atoms. The lowest BCUT2D eigenvalue weighted by Gasteiger charge is -2.58. The predicted molar refractivity (Wildman–Crippen MR) is 217 cm³/mol. The number of benzene rings is 2. The van der Waals surface area contributed by atoms with Crippen LogP contribution in [0.5, 0.6) is 0 Å². The Kier molecular flexibility index (Phi) is 10.8. The molecule has 296 valence electrons. The zero-order valence-corrected chi connectivity index (χ0v) is 34.5. The van der Waals surface area contributed by atoms with Crippen LogP contribution in [0.2, 0.25) is 5.02 Å². The Balaban J connectivity index is 1.20. The molecule has 0 radical (unpaired) electrons. The van der Waals surface area contributed by atoms with Crippen molar-refractivity contribution >= 4 is 38.7 Å². The zero-order valence-electron chi connectivity index (χ0n) is 32.1. The van der Waals surface area contributed by atoms with E-state index in [1.165, 1.54) is 48.3 Å². The van der Waals surface area contributed by atoms with Crippen molar-refractivity contribution in [3.8, 4) is 0 Å². The van der Waals surface area contributed by atoms with E-state index in [4.69, 9.17) is 11.6 Å². The second-order valence-electron chi connectivity index (χ2n) is 18.4. The average molecular weight is 809 g/mol. The number of sulfonamides is 1. The lowest BCUT2D eigenvalue weighted by Crippen LogP contribution is -2.57. The minimum atomic E-state index is -3.91. The van der Waals surface area contributed by atoms with Gasteiger partial charge in [0, 0.05) is 41.1 Å². The van der Waals surface area contributed by atoms with Crippen molar-refractivity contribution in [1.29, 1.82) is 0 Å². The summed E-state index contributed by atoms with van der Waals surface area (Å²) < 4.78 is 46.5. The first kappa shape index (κ1) is 39.4. The van der Waals surface area contributed by atoms with Gasteiger partial charge in [0.05, 0.1) is 11.7 Å². The molecule has 6 bridgehead atoms. The normalized spacial score (nSPS) is 33.4. The maximum Gasteiger partial charge on any atom is 0.252 e. The molecule has 55 heavy (non-hydrogen) atoms. The van der Waals surface area contributed by atoms with E-state index in [-0.39, 0.29) is 40.7 Å². The van der Waals surface area contributed by atoms with E-state index in [1.807, 2.05) is 18.2 Å². The predicted octanol–water partition coefficient (Wildman–Crippen LogP) is 9.91. The monoisotopic (exact) mass is 807 g/mol. The van der Waals surface area contributed by atoms with Crippen LogP contribution in [0.3, 0.4) is 0 Å². The van der Waals surface area contributed by atoms with Crippen LogP contribution in [0, 0.1) is 34.4 Å². The molecule has 2 N–H and O–H groups in total. The molecule has 2 aromatic carbocycles. The number of fused-ring (bicyclic) bond motifs is 8. The van der Waals surface area contributed by atoms with Gasteiger partial charge in [-0.1, -0.05) is 54.4 Å². The molecular formula is C45H55ClFNO5S2. The number of hydrogen-bond acceptors (Lipinski definition) is 6. The number of aliphatic hydroxyl groups excluding tert-OH is 1. The largest absolute Gasteiger partial charge is 0.393 e. The van der Waals surface area contributed by atoms with Crippen LogP contribution in [0.25, 0.3) is 0 Å². The molecule has 1 heterocycles. The molecule has 0 saturated heterocycles. The zero-order chi connectivity index (χ0) is 38.8. The second-order valence-corrected chi connectivity index (χ2v) is 21.9. The van der Waals surface area contributed by atoms with Crippen molar-refractivity contribution in [3.05, 3.63) is 98.7 Å². The van der Waals surface area contributed by atoms with Gasteiger partial charge in [-0.15, -0.1) is 11.3 Å². The van der Waals surface area contributed by atoms with Crippen LogP contribution >= 0.6 is 22.9 Å². The summed E-state index contributed by atoms with van der Waals surface area (Å²) in [5.74, 6) is 0.870. The van der Waals surface area contributed by atoms with Gasteiger partial charge in [0.25, 0.3) is 10.0 Å². The average Bonchev–Trinajstić information content (AvgIpc) is 3.76. The fourth-order valence-electron chi connectivity index (χ4n) is 12.1. The fraction of sp³-hybridized carbons (Fsp3) is 0.578. The number of rotatable bonds is 9. The fourth-order valence-corrected chi connectivity index (χ4v) is 15.1. The van der Waals surface area contributed by atoms with Crippen LogP contribution in [0.4, 0.5) is 4.39 Å². The number of carbonyl (C=O) groups excluding carboxylic acids is 1. The molecule has 4 atom stereocenters. The molecule has 1 aromatic heterocycles. The van der Waals surface area contributed by atoms with Gasteiger partial charge < -0.3 is 10.2 Å². The van der Waals surface area contributed by atoms with Crippen LogP contribution in [0.1, 0.15) is 124 Å². The van der Waals surface area contributed by atoms with Crippen molar-refractivity contribution in [2.24, 2.45) is 28.6 Å². The van der Waals surface area contributed by atoms with E-state index in [9.17, 15) is 23.4 Å². The first-order valence-electron chi connectivity index (χ1n) is 20.4. The Morgan fingerprint density at radius 3 is 2.40 bits per heavy atom. The third-order valence-corrected chi connectivity index (χ3v) is 18.1. The Hall–Kier alpha value is -2.40. The number of aliphatic hydroxyl groups is 2. The molecule has 0 unspecified atom stereocenters. The van der Waals surface area contributed by atoms with E-state index in [2.05, 4.69) is 19.9 Å². The van der Waals surface area contributed by atoms with Gasteiger partial charge in [0.1, 0.15) is 10.0 Å². The maximum absolute atomic E-state index is 15.1. The van der Waals surface area contributed by atoms with Gasteiger partial charge in [-0.2, -0.15) is 4.31 Å². The first-order valence-corrected chi connectivity index (χ1v) is 23.1. The summed E-state index contributed by atoms with van der Waals surface area (Å²) >= 11 is 7.65. The summed E-state index contributed by atoms with van der Waals surface area (Å²) in [6, 6.07) is 13.7. The van der Waals surface area contributed by atoms with Crippen molar-refractivity contribution in [3.63, 3.8) is 0 Å². The topological polar surface area (TPSA) is 94.9 Å². The third-order valence-electron chi connectivity index (χ3n) is 14.6. The lowest BCUT2D eigenvalue weighted by atomic mass is 9.49. The maximum atomic E-state index is 15.1. The summed E-state index contributed by atoms with van der Waals surface area (Å²) in [5.41, 5.74) is 1.07. The van der Waals surface area contributed by atoms with E-state index in [0.717, 1.165) is 36.8 Å². The van der Waals surface area contributed by atoms with Gasteiger partial charge in [0.2, 0.25) is 0 Å². The van der Waals surface area contributed by atoms with Crippen LogP contribution in [-0.4, -0.2) is 53.5 Å². The van der Waals surface area contributed by atoms with Crippen LogP contribution in [0.15, 0.2) is 69.8 Å². The Labute approximate surface area is 335 Å². The number of nitrogens with zero attached hydrogens (tertiary/aromatic N) is 1. The molecule has 10 rings (SSSR count). The number of hydrogen-bond donors (Lipinski definition) is 2. The summed E-state index contributed by atoms with van der Waals surface area (Å²) in [5, 5.41) is 26.3. The van der Waals surface area contributed by atoms with E-state index in [1.54, 1.807) is 27.9 Å². The quantitative estimate of drug-likeness (QED) is 0.166. The Bertz CT molecular complexity index is 2010. The Morgan fingerprint density at radius 2 is 1.73 bits per heavy atom. The number of thiophene rings is 1. The van der Waals surface area contributed by atoms with Gasteiger partial charge in [-0.3, -0.25) is 4.79 Å². The van der Waals surface area contributed by atoms with E-state index in [0.29, 0.717) is 72.6 Å². The molecule has 6 nitrogen and oxygen atoms in total. The molecule has 10 heteroatoms. The molecule has 0 amide bonds. The highest BCUT2D eigenvalue weighted by Gasteiger charge is 2.59. The van der Waals surface area contributed by atoms with Crippen molar-refractivity contribution in [2.75, 3.05) is 13.1 Å². The molecule has 3 aromatic rings. The highest BCUT2D eigenvalue weighted by atomic mass is 35.5. The highest BCUT2D eigenvalue weighted by molar-refractivity contribution is 7.91. The Morgan fingerprint density at radius 1 is 1.00 bits per heavy atom. The van der Waals surface area contributed by atoms with Crippen molar-refractivity contribution in [2.45, 2.75) is 126 Å². The van der Waals surface area contributed by atoms with Gasteiger partial charge in [0.15, 0.2) is 5.78 Å². The minimum absolute atomic E-state index is 0.0108. The smallest absolute Gasteiger partial charge is 0.252 e. The summed E-state index contributed by atoms with van der Waals surface area (Å²) in [6.45, 7) is 4.59. The third kappa shape index (κ3) is 7.56.